The number of benzene rings is 2. The van der Waals surface area contributed by atoms with Crippen LogP contribution in [-0.4, -0.2) is 42.5 Å². The summed E-state index contributed by atoms with van der Waals surface area (Å²) >= 11 is 0. The molecule has 0 spiro atoms. The second-order valence-corrected chi connectivity index (χ2v) is 9.75. The van der Waals surface area contributed by atoms with E-state index in [9.17, 15) is 8.42 Å². The van der Waals surface area contributed by atoms with Crippen molar-refractivity contribution in [3.8, 4) is 0 Å². The zero-order valence-electron chi connectivity index (χ0n) is 17.0. The lowest BCUT2D eigenvalue weighted by Gasteiger charge is -2.32. The summed E-state index contributed by atoms with van der Waals surface area (Å²) in [5.41, 5.74) is 3.21. The molecule has 1 aromatic heterocycles. The maximum Gasteiger partial charge on any atom is 0.240 e. The molecule has 0 bridgehead atoms. The second kappa shape index (κ2) is 8.26. The minimum absolute atomic E-state index is 0.304. The number of aryl methyl sites for hydroxylation is 2. The molecule has 154 valence electrons. The minimum atomic E-state index is -3.46. The van der Waals surface area contributed by atoms with Crippen molar-refractivity contribution in [2.24, 2.45) is 13.0 Å². The quantitative estimate of drug-likeness (QED) is 0.676. The van der Waals surface area contributed by atoms with Gasteiger partial charge in [0.2, 0.25) is 10.0 Å². The highest BCUT2D eigenvalue weighted by Gasteiger charge is 2.23. The Morgan fingerprint density at radius 3 is 2.66 bits per heavy atom. The molecule has 1 saturated heterocycles. The Labute approximate surface area is 172 Å². The molecule has 1 aliphatic heterocycles. The van der Waals surface area contributed by atoms with Gasteiger partial charge in [-0.1, -0.05) is 29.8 Å². The molecule has 6 nitrogen and oxygen atoms in total. The normalized spacial score (nSPS) is 18.3. The van der Waals surface area contributed by atoms with Crippen LogP contribution in [-0.2, 0) is 23.6 Å². The third-order valence-corrected chi connectivity index (χ3v) is 7.18. The smallest absolute Gasteiger partial charge is 0.240 e. The van der Waals surface area contributed by atoms with E-state index >= 15 is 0 Å². The maximum absolute atomic E-state index is 12.6. The topological polar surface area (TPSA) is 67.2 Å². The molecule has 0 amide bonds. The van der Waals surface area contributed by atoms with Gasteiger partial charge < -0.3 is 4.57 Å². The second-order valence-electron chi connectivity index (χ2n) is 7.98. The summed E-state index contributed by atoms with van der Waals surface area (Å²) in [6, 6.07) is 15.2. The van der Waals surface area contributed by atoms with Crippen LogP contribution in [0.25, 0.3) is 11.0 Å². The summed E-state index contributed by atoms with van der Waals surface area (Å²) in [5, 5.41) is 0. The van der Waals surface area contributed by atoms with Gasteiger partial charge in [-0.15, -0.1) is 0 Å². The Kier molecular flexibility index (Phi) is 5.72. The first-order valence-corrected chi connectivity index (χ1v) is 11.6. The van der Waals surface area contributed by atoms with Crippen molar-refractivity contribution >= 4 is 21.1 Å². The molecule has 1 atom stereocenters. The number of fused-ring (bicyclic) bond motifs is 1. The van der Waals surface area contributed by atoms with Gasteiger partial charge in [-0.25, -0.2) is 18.1 Å². The number of hydrogen-bond acceptors (Lipinski definition) is 4. The van der Waals surface area contributed by atoms with Crippen LogP contribution in [0.15, 0.2) is 53.4 Å². The van der Waals surface area contributed by atoms with E-state index in [-0.39, 0.29) is 0 Å². The van der Waals surface area contributed by atoms with Crippen LogP contribution >= 0.6 is 0 Å². The van der Waals surface area contributed by atoms with Crippen LogP contribution in [0.4, 0.5) is 0 Å². The summed E-state index contributed by atoms with van der Waals surface area (Å²) in [6.07, 6.45) is 2.11. The Bertz CT molecular complexity index is 1090. The molecule has 0 radical (unpaired) electrons. The number of nitrogens with zero attached hydrogens (tertiary/aromatic N) is 3. The molecule has 2 aromatic carbocycles. The summed E-state index contributed by atoms with van der Waals surface area (Å²) in [6.45, 7) is 5.09. The van der Waals surface area contributed by atoms with E-state index in [0.717, 1.165) is 54.9 Å². The Hall–Kier alpha value is -2.22. The summed E-state index contributed by atoms with van der Waals surface area (Å²) in [4.78, 5) is 7.49. The lowest BCUT2D eigenvalue weighted by molar-refractivity contribution is 0.164. The van der Waals surface area contributed by atoms with Crippen LogP contribution in [0.3, 0.4) is 0 Å². The summed E-state index contributed by atoms with van der Waals surface area (Å²) < 4.78 is 30.1. The van der Waals surface area contributed by atoms with Crippen molar-refractivity contribution < 1.29 is 8.42 Å². The van der Waals surface area contributed by atoms with E-state index in [2.05, 4.69) is 27.3 Å². The largest absolute Gasteiger partial charge is 0.330 e. The van der Waals surface area contributed by atoms with Crippen LogP contribution in [0.2, 0.25) is 0 Å². The van der Waals surface area contributed by atoms with Crippen molar-refractivity contribution in [3.05, 3.63) is 59.9 Å². The number of rotatable bonds is 6. The fraction of sp³-hybridized carbons (Fsp3) is 0.409. The van der Waals surface area contributed by atoms with Crippen LogP contribution in [0.5, 0.6) is 0 Å². The lowest BCUT2D eigenvalue weighted by Crippen LogP contribution is -2.40. The molecule has 4 rings (SSSR count). The molecule has 2 heterocycles. The Balaban J connectivity index is 1.38. The average molecular weight is 413 g/mol. The van der Waals surface area contributed by atoms with Crippen molar-refractivity contribution in [1.29, 1.82) is 0 Å². The minimum Gasteiger partial charge on any atom is -0.330 e. The lowest BCUT2D eigenvalue weighted by atomic mass is 9.98. The number of para-hydroxylation sites is 2. The molecule has 1 unspecified atom stereocenters. The van der Waals surface area contributed by atoms with Crippen molar-refractivity contribution in [3.63, 3.8) is 0 Å². The van der Waals surface area contributed by atoms with Gasteiger partial charge >= 0.3 is 0 Å². The zero-order valence-corrected chi connectivity index (χ0v) is 17.8. The first kappa shape index (κ1) is 20.1. The molecular formula is C22H28N4O2S. The zero-order chi connectivity index (χ0) is 20.4. The summed E-state index contributed by atoms with van der Waals surface area (Å²) in [5.74, 6) is 1.35. The first-order valence-electron chi connectivity index (χ1n) is 10.1. The molecule has 3 aromatic rings. The van der Waals surface area contributed by atoms with Gasteiger partial charge in [-0.2, -0.15) is 0 Å². The Morgan fingerprint density at radius 2 is 1.90 bits per heavy atom. The van der Waals surface area contributed by atoms with Crippen molar-refractivity contribution in [1.82, 2.24) is 19.2 Å². The molecule has 1 aliphatic rings. The van der Waals surface area contributed by atoms with Gasteiger partial charge in [0.05, 0.1) is 22.5 Å². The van der Waals surface area contributed by atoms with Gasteiger partial charge in [0.1, 0.15) is 5.82 Å². The number of piperidine rings is 1. The molecular weight excluding hydrogens is 384 g/mol. The van der Waals surface area contributed by atoms with Gasteiger partial charge in [-0.05, 0) is 56.5 Å². The number of sulfonamides is 1. The predicted molar refractivity (Wildman–Crippen MR) is 115 cm³/mol. The van der Waals surface area contributed by atoms with Gasteiger partial charge in [0, 0.05) is 20.1 Å². The number of hydrogen-bond donors (Lipinski definition) is 1. The summed E-state index contributed by atoms with van der Waals surface area (Å²) in [7, 11) is -1.40. The molecule has 1 fully saturated rings. The van der Waals surface area contributed by atoms with Gasteiger partial charge in [0.25, 0.3) is 0 Å². The van der Waals surface area contributed by atoms with Crippen LogP contribution < -0.4 is 4.72 Å². The fourth-order valence-corrected chi connectivity index (χ4v) is 5.14. The number of aromatic nitrogens is 2. The molecule has 0 saturated carbocycles. The number of nitrogens with one attached hydrogen (secondary N) is 1. The van der Waals surface area contributed by atoms with E-state index in [1.807, 2.05) is 37.3 Å². The van der Waals surface area contributed by atoms with E-state index < -0.39 is 10.0 Å². The predicted octanol–water partition coefficient (Wildman–Crippen LogP) is 3.07. The fourth-order valence-electron chi connectivity index (χ4n) is 4.03. The Morgan fingerprint density at radius 1 is 1.14 bits per heavy atom. The molecule has 1 N–H and O–H groups in total. The number of likely N-dealkylation sites (tertiary alicyclic amines) is 1. The third kappa shape index (κ3) is 4.52. The highest BCUT2D eigenvalue weighted by molar-refractivity contribution is 7.89. The standard InChI is InChI=1S/C22H28N4O2S/c1-17-9-11-19(12-10-17)29(27,28)23-14-18-6-5-13-26(15-18)16-22-24-20-7-3-4-8-21(20)25(22)2/h3-4,7-12,18,23H,5-6,13-16H2,1-2H3. The van der Waals surface area contributed by atoms with Gasteiger partial charge in [-0.3, -0.25) is 4.90 Å². The van der Waals surface area contributed by atoms with Crippen LogP contribution in [0, 0.1) is 12.8 Å². The molecule has 0 aliphatic carbocycles. The SMILES string of the molecule is Cc1ccc(S(=O)(=O)NCC2CCCN(Cc3nc4ccccc4n3C)C2)cc1. The van der Waals surface area contributed by atoms with Crippen molar-refractivity contribution in [2.45, 2.75) is 31.2 Å². The van der Waals surface area contributed by atoms with Crippen LogP contribution in [0.1, 0.15) is 24.2 Å². The van der Waals surface area contributed by atoms with E-state index in [0.29, 0.717) is 17.4 Å². The number of imidazole rings is 1. The van der Waals surface area contributed by atoms with Gasteiger partial charge in [0.15, 0.2) is 0 Å². The highest BCUT2D eigenvalue weighted by atomic mass is 32.2. The monoisotopic (exact) mass is 412 g/mol. The van der Waals surface area contributed by atoms with E-state index in [1.165, 1.54) is 0 Å². The van der Waals surface area contributed by atoms with Crippen molar-refractivity contribution in [2.75, 3.05) is 19.6 Å². The highest BCUT2D eigenvalue weighted by Crippen LogP contribution is 2.21. The van der Waals surface area contributed by atoms with E-state index in [1.54, 1.807) is 12.1 Å². The third-order valence-electron chi connectivity index (χ3n) is 5.74. The molecule has 29 heavy (non-hydrogen) atoms. The van der Waals surface area contributed by atoms with E-state index in [4.69, 9.17) is 4.98 Å². The maximum atomic E-state index is 12.6. The first-order chi connectivity index (χ1) is 13.9. The average Bonchev–Trinajstić information content (AvgIpc) is 3.03. The molecule has 7 heteroatoms.